The lowest BCUT2D eigenvalue weighted by Crippen LogP contribution is -2.12. The first-order valence-electron chi connectivity index (χ1n) is 7.23. The molecule has 2 aromatic rings. The van der Waals surface area contributed by atoms with E-state index >= 15 is 0 Å². The van der Waals surface area contributed by atoms with Gasteiger partial charge in [-0.15, -0.1) is 11.8 Å². The smallest absolute Gasteiger partial charge is 0.0390 e. The Bertz CT molecular complexity index is 516. The molecule has 0 aliphatic rings. The standard InChI is InChI=1S/C18H23NS/c1-3-4-15-7-9-16(10-8-15)18(19)13-20-17-11-5-14(2)6-12-17/h5-12,18H,3-4,13,19H2,1-2H3. The molecule has 0 bridgehead atoms. The second kappa shape index (κ2) is 7.51. The average Bonchev–Trinajstić information content (AvgIpc) is 2.47. The summed E-state index contributed by atoms with van der Waals surface area (Å²) in [5, 5.41) is 0. The molecule has 1 unspecified atom stereocenters. The Hall–Kier alpha value is -1.25. The minimum atomic E-state index is 0.0944. The maximum atomic E-state index is 6.28. The fourth-order valence-corrected chi connectivity index (χ4v) is 3.03. The number of rotatable bonds is 6. The van der Waals surface area contributed by atoms with Crippen molar-refractivity contribution in [3.63, 3.8) is 0 Å². The third kappa shape index (κ3) is 4.39. The highest BCUT2D eigenvalue weighted by molar-refractivity contribution is 7.99. The number of aryl methyl sites for hydroxylation is 2. The first kappa shape index (κ1) is 15.1. The molecule has 0 radical (unpaired) electrons. The maximum Gasteiger partial charge on any atom is 0.0390 e. The van der Waals surface area contributed by atoms with Gasteiger partial charge in [0.25, 0.3) is 0 Å². The van der Waals surface area contributed by atoms with E-state index in [0.29, 0.717) is 0 Å². The van der Waals surface area contributed by atoms with Gasteiger partial charge in [-0.25, -0.2) is 0 Å². The van der Waals surface area contributed by atoms with Crippen molar-refractivity contribution in [3.8, 4) is 0 Å². The molecule has 20 heavy (non-hydrogen) atoms. The second-order valence-electron chi connectivity index (χ2n) is 5.22. The van der Waals surface area contributed by atoms with E-state index in [0.717, 1.165) is 12.2 Å². The molecule has 1 nitrogen and oxygen atoms in total. The van der Waals surface area contributed by atoms with Crippen LogP contribution in [-0.4, -0.2) is 5.75 Å². The molecular weight excluding hydrogens is 262 g/mol. The summed E-state index contributed by atoms with van der Waals surface area (Å²) in [4.78, 5) is 1.29. The predicted molar refractivity (Wildman–Crippen MR) is 89.3 cm³/mol. The highest BCUT2D eigenvalue weighted by Gasteiger charge is 2.06. The van der Waals surface area contributed by atoms with Gasteiger partial charge in [-0.2, -0.15) is 0 Å². The molecule has 1 atom stereocenters. The zero-order valence-corrected chi connectivity index (χ0v) is 13.1. The fraction of sp³-hybridized carbons (Fsp3) is 0.333. The predicted octanol–water partition coefficient (Wildman–Crippen LogP) is 4.74. The van der Waals surface area contributed by atoms with Gasteiger partial charge in [-0.1, -0.05) is 55.3 Å². The highest BCUT2D eigenvalue weighted by Crippen LogP contribution is 2.24. The van der Waals surface area contributed by atoms with E-state index in [2.05, 4.69) is 62.4 Å². The van der Waals surface area contributed by atoms with Crippen LogP contribution in [0, 0.1) is 6.92 Å². The lowest BCUT2D eigenvalue weighted by atomic mass is 10.0. The van der Waals surface area contributed by atoms with Crippen LogP contribution < -0.4 is 5.73 Å². The van der Waals surface area contributed by atoms with E-state index in [1.54, 1.807) is 0 Å². The molecule has 0 fully saturated rings. The highest BCUT2D eigenvalue weighted by atomic mass is 32.2. The van der Waals surface area contributed by atoms with Crippen molar-refractivity contribution in [1.82, 2.24) is 0 Å². The summed E-state index contributed by atoms with van der Waals surface area (Å²) in [6.45, 7) is 4.32. The van der Waals surface area contributed by atoms with Crippen LogP contribution in [0.4, 0.5) is 0 Å². The molecule has 0 aliphatic carbocycles. The Balaban J connectivity index is 1.90. The Morgan fingerprint density at radius 2 is 1.65 bits per heavy atom. The van der Waals surface area contributed by atoms with Crippen LogP contribution >= 0.6 is 11.8 Å². The number of hydrogen-bond acceptors (Lipinski definition) is 2. The minimum Gasteiger partial charge on any atom is -0.323 e. The quantitative estimate of drug-likeness (QED) is 0.776. The molecule has 0 amide bonds. The molecule has 0 spiro atoms. The van der Waals surface area contributed by atoms with Crippen LogP contribution in [0.25, 0.3) is 0 Å². The zero-order chi connectivity index (χ0) is 14.4. The Kier molecular flexibility index (Phi) is 5.69. The summed E-state index contributed by atoms with van der Waals surface area (Å²) in [7, 11) is 0. The van der Waals surface area contributed by atoms with Gasteiger partial charge in [0.15, 0.2) is 0 Å². The molecule has 0 aromatic heterocycles. The lowest BCUT2D eigenvalue weighted by Gasteiger charge is -2.12. The van der Waals surface area contributed by atoms with E-state index in [-0.39, 0.29) is 6.04 Å². The molecule has 0 heterocycles. The van der Waals surface area contributed by atoms with Crippen LogP contribution in [-0.2, 0) is 6.42 Å². The van der Waals surface area contributed by atoms with Gasteiger partial charge in [0.2, 0.25) is 0 Å². The summed E-state index contributed by atoms with van der Waals surface area (Å²) in [6.07, 6.45) is 2.34. The summed E-state index contributed by atoms with van der Waals surface area (Å²) < 4.78 is 0. The lowest BCUT2D eigenvalue weighted by molar-refractivity contribution is 0.828. The van der Waals surface area contributed by atoms with E-state index in [1.165, 1.54) is 28.0 Å². The van der Waals surface area contributed by atoms with Gasteiger partial charge in [-0.05, 0) is 36.6 Å². The zero-order valence-electron chi connectivity index (χ0n) is 12.3. The average molecular weight is 285 g/mol. The molecule has 2 rings (SSSR count). The summed E-state index contributed by atoms with van der Waals surface area (Å²) in [5.74, 6) is 0.913. The van der Waals surface area contributed by atoms with E-state index < -0.39 is 0 Å². The molecule has 2 N–H and O–H groups in total. The van der Waals surface area contributed by atoms with Crippen molar-refractivity contribution in [3.05, 3.63) is 65.2 Å². The van der Waals surface area contributed by atoms with Gasteiger partial charge >= 0.3 is 0 Å². The number of benzene rings is 2. The Labute approximate surface area is 126 Å². The van der Waals surface area contributed by atoms with Crippen molar-refractivity contribution in [1.29, 1.82) is 0 Å². The van der Waals surface area contributed by atoms with Crippen LogP contribution in [0.2, 0.25) is 0 Å². The monoisotopic (exact) mass is 285 g/mol. The van der Waals surface area contributed by atoms with Crippen molar-refractivity contribution in [2.75, 3.05) is 5.75 Å². The molecule has 0 aliphatic heterocycles. The van der Waals surface area contributed by atoms with E-state index in [9.17, 15) is 0 Å². The maximum absolute atomic E-state index is 6.28. The normalized spacial score (nSPS) is 12.3. The van der Waals surface area contributed by atoms with Crippen molar-refractivity contribution in [2.24, 2.45) is 5.73 Å². The van der Waals surface area contributed by atoms with Gasteiger partial charge in [0.1, 0.15) is 0 Å². The SMILES string of the molecule is CCCc1ccc(C(N)CSc2ccc(C)cc2)cc1. The molecule has 106 valence electrons. The van der Waals surface area contributed by atoms with Crippen molar-refractivity contribution >= 4 is 11.8 Å². The summed E-state index contributed by atoms with van der Waals surface area (Å²) in [6, 6.07) is 17.5. The fourth-order valence-electron chi connectivity index (χ4n) is 2.14. The van der Waals surface area contributed by atoms with Gasteiger partial charge < -0.3 is 5.73 Å². The van der Waals surface area contributed by atoms with Crippen molar-refractivity contribution in [2.45, 2.75) is 37.6 Å². The third-order valence-corrected chi connectivity index (χ3v) is 4.53. The summed E-state index contributed by atoms with van der Waals surface area (Å²) >= 11 is 1.82. The van der Waals surface area contributed by atoms with Crippen molar-refractivity contribution < 1.29 is 0 Å². The second-order valence-corrected chi connectivity index (χ2v) is 6.32. The first-order valence-corrected chi connectivity index (χ1v) is 8.21. The minimum absolute atomic E-state index is 0.0944. The largest absolute Gasteiger partial charge is 0.323 e. The first-order chi connectivity index (χ1) is 9.69. The molecular formula is C18H23NS. The van der Waals surface area contributed by atoms with Crippen LogP contribution in [0.1, 0.15) is 36.1 Å². The topological polar surface area (TPSA) is 26.0 Å². The molecule has 0 saturated carbocycles. The van der Waals surface area contributed by atoms with Gasteiger partial charge in [0, 0.05) is 16.7 Å². The van der Waals surface area contributed by atoms with Crippen LogP contribution in [0.3, 0.4) is 0 Å². The number of hydrogen-bond donors (Lipinski definition) is 1. The Morgan fingerprint density at radius 1 is 1.00 bits per heavy atom. The Morgan fingerprint density at radius 3 is 2.25 bits per heavy atom. The molecule has 2 aromatic carbocycles. The molecule has 2 heteroatoms. The van der Waals surface area contributed by atoms with E-state index in [4.69, 9.17) is 5.73 Å². The number of thioether (sulfide) groups is 1. The van der Waals surface area contributed by atoms with E-state index in [1.807, 2.05) is 11.8 Å². The molecule has 0 saturated heterocycles. The van der Waals surface area contributed by atoms with Gasteiger partial charge in [-0.3, -0.25) is 0 Å². The number of nitrogens with two attached hydrogens (primary N) is 1. The van der Waals surface area contributed by atoms with Crippen LogP contribution in [0.5, 0.6) is 0 Å². The van der Waals surface area contributed by atoms with Gasteiger partial charge in [0.05, 0.1) is 0 Å². The van der Waals surface area contributed by atoms with Crippen LogP contribution in [0.15, 0.2) is 53.4 Å². The summed E-state index contributed by atoms with van der Waals surface area (Å²) in [5.41, 5.74) is 10.2. The third-order valence-electron chi connectivity index (χ3n) is 3.40.